The quantitative estimate of drug-likeness (QED) is 0.885. The Morgan fingerprint density at radius 1 is 1.31 bits per heavy atom. The lowest BCUT2D eigenvalue weighted by atomic mass is 9.90. The molecule has 1 heterocycles. The van der Waals surface area contributed by atoms with Crippen LogP contribution in [-0.2, 0) is 5.60 Å². The van der Waals surface area contributed by atoms with Gasteiger partial charge >= 0.3 is 0 Å². The van der Waals surface area contributed by atoms with Crippen molar-refractivity contribution in [2.24, 2.45) is 0 Å². The lowest BCUT2D eigenvalue weighted by Gasteiger charge is -2.24. The molecule has 0 bridgehead atoms. The molecule has 0 radical (unpaired) electrons. The van der Waals surface area contributed by atoms with Gasteiger partial charge in [-0.25, -0.2) is 0 Å². The Kier molecular flexibility index (Phi) is 3.19. The zero-order valence-electron chi connectivity index (χ0n) is 9.20. The maximum atomic E-state index is 10.6. The number of benzene rings is 1. The molecule has 0 saturated heterocycles. The van der Waals surface area contributed by atoms with E-state index in [1.165, 1.54) is 4.88 Å². The molecule has 1 aromatic heterocycles. The number of hydrogen-bond donors (Lipinski definition) is 1. The van der Waals surface area contributed by atoms with Gasteiger partial charge in [0, 0.05) is 14.9 Å². The predicted molar refractivity (Wildman–Crippen MR) is 71.9 cm³/mol. The van der Waals surface area contributed by atoms with E-state index in [9.17, 15) is 5.11 Å². The summed E-state index contributed by atoms with van der Waals surface area (Å²) in [6, 6.07) is 9.81. The van der Waals surface area contributed by atoms with Crippen LogP contribution in [0.2, 0.25) is 0 Å². The Morgan fingerprint density at radius 3 is 2.56 bits per heavy atom. The van der Waals surface area contributed by atoms with Crippen molar-refractivity contribution in [3.63, 3.8) is 0 Å². The molecule has 1 aromatic carbocycles. The maximum absolute atomic E-state index is 10.6. The average molecular weight is 297 g/mol. The van der Waals surface area contributed by atoms with E-state index in [2.05, 4.69) is 15.9 Å². The largest absolute Gasteiger partial charge is 0.381 e. The second-order valence-electron chi connectivity index (χ2n) is 4.00. The molecule has 0 fully saturated rings. The van der Waals surface area contributed by atoms with Gasteiger partial charge in [0.2, 0.25) is 0 Å². The normalized spacial score (nSPS) is 14.8. The third kappa shape index (κ3) is 2.08. The molecule has 0 aliphatic carbocycles. The first-order valence-electron chi connectivity index (χ1n) is 5.05. The van der Waals surface area contributed by atoms with Gasteiger partial charge in [0.25, 0.3) is 0 Å². The summed E-state index contributed by atoms with van der Waals surface area (Å²) in [6.07, 6.45) is 0. The minimum Gasteiger partial charge on any atom is -0.381 e. The van der Waals surface area contributed by atoms with Crippen LogP contribution in [0.3, 0.4) is 0 Å². The van der Waals surface area contributed by atoms with Gasteiger partial charge in [-0.1, -0.05) is 34.1 Å². The van der Waals surface area contributed by atoms with Crippen LogP contribution in [0, 0.1) is 6.92 Å². The molecule has 0 aliphatic heterocycles. The SMILES string of the molecule is Cc1cc(C(C)(O)c2ccccc2Br)cs1. The van der Waals surface area contributed by atoms with Crippen molar-refractivity contribution in [2.75, 3.05) is 0 Å². The number of hydrogen-bond acceptors (Lipinski definition) is 2. The Hall–Kier alpha value is -0.640. The highest BCUT2D eigenvalue weighted by atomic mass is 79.9. The highest BCUT2D eigenvalue weighted by molar-refractivity contribution is 9.10. The Morgan fingerprint density at radius 2 is 2.00 bits per heavy atom. The highest BCUT2D eigenvalue weighted by Gasteiger charge is 2.28. The second-order valence-corrected chi connectivity index (χ2v) is 5.97. The Balaban J connectivity index is 2.50. The van der Waals surface area contributed by atoms with Gasteiger partial charge in [0.15, 0.2) is 0 Å². The Bertz CT molecular complexity index is 502. The number of halogens is 1. The van der Waals surface area contributed by atoms with E-state index in [-0.39, 0.29) is 0 Å². The molecule has 0 spiro atoms. The summed E-state index contributed by atoms with van der Waals surface area (Å²) >= 11 is 5.14. The molecule has 1 N–H and O–H groups in total. The minimum atomic E-state index is -0.940. The van der Waals surface area contributed by atoms with E-state index in [0.717, 1.165) is 15.6 Å². The predicted octanol–water partition coefficient (Wildman–Crippen LogP) is 4.07. The summed E-state index contributed by atoms with van der Waals surface area (Å²) in [7, 11) is 0. The van der Waals surface area contributed by atoms with Crippen LogP contribution in [0.15, 0.2) is 40.2 Å². The molecule has 2 aromatic rings. The van der Waals surface area contributed by atoms with Gasteiger partial charge < -0.3 is 5.11 Å². The van der Waals surface area contributed by atoms with E-state index in [0.29, 0.717) is 0 Å². The topological polar surface area (TPSA) is 20.2 Å². The zero-order chi connectivity index (χ0) is 11.8. The molecule has 1 nitrogen and oxygen atoms in total. The molecule has 1 atom stereocenters. The van der Waals surface area contributed by atoms with E-state index in [4.69, 9.17) is 0 Å². The smallest absolute Gasteiger partial charge is 0.114 e. The fourth-order valence-corrected chi connectivity index (χ4v) is 3.19. The number of aliphatic hydroxyl groups is 1. The van der Waals surface area contributed by atoms with Gasteiger partial charge in [-0.2, -0.15) is 0 Å². The van der Waals surface area contributed by atoms with Crippen molar-refractivity contribution < 1.29 is 5.11 Å². The average Bonchev–Trinajstić information content (AvgIpc) is 2.66. The second kappa shape index (κ2) is 4.32. The van der Waals surface area contributed by atoms with E-state index in [1.807, 2.05) is 49.6 Å². The van der Waals surface area contributed by atoms with Crippen molar-refractivity contribution in [3.8, 4) is 0 Å². The minimum absolute atomic E-state index is 0.896. The number of thiophene rings is 1. The molecule has 2 rings (SSSR count). The lowest BCUT2D eigenvalue weighted by Crippen LogP contribution is -2.22. The fraction of sp³-hybridized carbons (Fsp3) is 0.231. The number of aryl methyl sites for hydroxylation is 1. The van der Waals surface area contributed by atoms with Crippen LogP contribution in [0.4, 0.5) is 0 Å². The zero-order valence-corrected chi connectivity index (χ0v) is 11.6. The standard InChI is InChI=1S/C13H13BrOS/c1-9-7-10(8-16-9)13(2,15)11-5-3-4-6-12(11)14/h3-8,15H,1-2H3. The molecule has 3 heteroatoms. The first-order valence-corrected chi connectivity index (χ1v) is 6.72. The van der Waals surface area contributed by atoms with Gasteiger partial charge in [0.05, 0.1) is 0 Å². The van der Waals surface area contributed by atoms with E-state index >= 15 is 0 Å². The third-order valence-electron chi connectivity index (χ3n) is 2.69. The molecule has 1 unspecified atom stereocenters. The maximum Gasteiger partial charge on any atom is 0.114 e. The summed E-state index contributed by atoms with van der Waals surface area (Å²) in [5.41, 5.74) is 0.903. The van der Waals surface area contributed by atoms with Crippen molar-refractivity contribution in [3.05, 3.63) is 56.2 Å². The van der Waals surface area contributed by atoms with Gasteiger partial charge in [-0.3, -0.25) is 0 Å². The van der Waals surface area contributed by atoms with Gasteiger partial charge in [-0.05, 0) is 36.9 Å². The molecule has 0 amide bonds. The lowest BCUT2D eigenvalue weighted by molar-refractivity contribution is 0.102. The van der Waals surface area contributed by atoms with Crippen molar-refractivity contribution >= 4 is 27.3 Å². The van der Waals surface area contributed by atoms with E-state index < -0.39 is 5.60 Å². The van der Waals surface area contributed by atoms with Crippen LogP contribution < -0.4 is 0 Å². The number of rotatable bonds is 2. The van der Waals surface area contributed by atoms with Crippen molar-refractivity contribution in [2.45, 2.75) is 19.4 Å². The fourth-order valence-electron chi connectivity index (χ4n) is 1.71. The van der Waals surface area contributed by atoms with Crippen molar-refractivity contribution in [1.82, 2.24) is 0 Å². The molecule has 84 valence electrons. The van der Waals surface area contributed by atoms with Crippen LogP contribution in [0.5, 0.6) is 0 Å². The molecule has 16 heavy (non-hydrogen) atoms. The van der Waals surface area contributed by atoms with Crippen LogP contribution in [-0.4, -0.2) is 5.11 Å². The first kappa shape index (κ1) is 11.8. The molecular formula is C13H13BrOS. The van der Waals surface area contributed by atoms with Crippen molar-refractivity contribution in [1.29, 1.82) is 0 Å². The van der Waals surface area contributed by atoms with Crippen LogP contribution in [0.25, 0.3) is 0 Å². The first-order chi connectivity index (χ1) is 7.51. The summed E-state index contributed by atoms with van der Waals surface area (Å²) in [4.78, 5) is 1.21. The summed E-state index contributed by atoms with van der Waals surface area (Å²) in [5, 5.41) is 12.6. The summed E-state index contributed by atoms with van der Waals surface area (Å²) < 4.78 is 0.934. The summed E-state index contributed by atoms with van der Waals surface area (Å²) in [6.45, 7) is 3.87. The van der Waals surface area contributed by atoms with Crippen LogP contribution >= 0.6 is 27.3 Å². The Labute approximate surface area is 108 Å². The summed E-state index contributed by atoms with van der Waals surface area (Å²) in [5.74, 6) is 0. The van der Waals surface area contributed by atoms with Gasteiger partial charge in [0.1, 0.15) is 5.60 Å². The van der Waals surface area contributed by atoms with Gasteiger partial charge in [-0.15, -0.1) is 11.3 Å². The monoisotopic (exact) mass is 296 g/mol. The van der Waals surface area contributed by atoms with Crippen LogP contribution in [0.1, 0.15) is 22.9 Å². The highest BCUT2D eigenvalue weighted by Crippen LogP contribution is 2.35. The third-order valence-corrected chi connectivity index (χ3v) is 4.24. The molecule has 0 saturated carbocycles. The molecular weight excluding hydrogens is 284 g/mol. The molecule has 0 aliphatic rings. The van der Waals surface area contributed by atoms with E-state index in [1.54, 1.807) is 11.3 Å².